The topological polar surface area (TPSA) is 173 Å². The van der Waals surface area contributed by atoms with E-state index < -0.39 is 17.8 Å². The van der Waals surface area contributed by atoms with Crippen LogP contribution in [0.25, 0.3) is 10.4 Å². The summed E-state index contributed by atoms with van der Waals surface area (Å²) in [5.74, 6) is -2.05. The average molecular weight is 434 g/mol. The number of hydrogen-bond donors (Lipinski definition) is 1. The van der Waals surface area contributed by atoms with Gasteiger partial charge in [-0.1, -0.05) is 5.11 Å². The molecule has 0 unspecified atom stereocenters. The van der Waals surface area contributed by atoms with Gasteiger partial charge in [-0.15, -0.1) is 5.06 Å². The zero-order valence-corrected chi connectivity index (χ0v) is 16.7. The Kier molecular flexibility index (Phi) is 9.88. The number of aromatic nitrogens is 1. The Bertz CT molecular complexity index is 822. The number of nitrogens with one attached hydrogen (secondary N) is 1. The van der Waals surface area contributed by atoms with Crippen molar-refractivity contribution in [1.82, 2.24) is 10.0 Å². The average Bonchev–Trinajstić information content (AvgIpc) is 3.07. The molecule has 31 heavy (non-hydrogen) atoms. The van der Waals surface area contributed by atoms with E-state index in [0.29, 0.717) is 16.4 Å². The molecule has 0 spiro atoms. The van der Waals surface area contributed by atoms with E-state index in [4.69, 9.17) is 19.8 Å². The van der Waals surface area contributed by atoms with Crippen molar-refractivity contribution in [3.8, 4) is 0 Å². The number of hydroxylamine groups is 2. The molecule has 0 saturated carbocycles. The molecular weight excluding hydrogens is 412 g/mol. The maximum atomic E-state index is 11.8. The second-order valence-electron chi connectivity index (χ2n) is 6.25. The summed E-state index contributed by atoms with van der Waals surface area (Å²) in [4.78, 5) is 57.5. The molecule has 0 aliphatic carbocycles. The van der Waals surface area contributed by atoms with Crippen molar-refractivity contribution in [3.63, 3.8) is 0 Å². The quantitative estimate of drug-likeness (QED) is 0.159. The minimum atomic E-state index is -0.735. The predicted octanol–water partition coefficient (Wildman–Crippen LogP) is 1.25. The van der Waals surface area contributed by atoms with Gasteiger partial charge in [0.15, 0.2) is 0 Å². The maximum absolute atomic E-state index is 11.8. The van der Waals surface area contributed by atoms with Crippen LogP contribution >= 0.6 is 0 Å². The number of carbonyl (C=O) groups excluding carboxylic acids is 4. The number of imide groups is 1. The van der Waals surface area contributed by atoms with E-state index in [9.17, 15) is 19.2 Å². The fourth-order valence-corrected chi connectivity index (χ4v) is 2.37. The Hall–Kier alpha value is -3.54. The van der Waals surface area contributed by atoms with Crippen molar-refractivity contribution in [2.24, 2.45) is 5.11 Å². The van der Waals surface area contributed by atoms with E-state index in [0.717, 1.165) is 0 Å². The number of amides is 3. The predicted molar refractivity (Wildman–Crippen MR) is 104 cm³/mol. The van der Waals surface area contributed by atoms with Crippen LogP contribution in [-0.2, 0) is 40.0 Å². The number of azide groups is 1. The molecule has 1 aromatic rings. The van der Waals surface area contributed by atoms with E-state index >= 15 is 0 Å². The van der Waals surface area contributed by atoms with Crippen LogP contribution in [0.15, 0.2) is 23.4 Å². The molecule has 1 fully saturated rings. The molecule has 0 bridgehead atoms. The second kappa shape index (κ2) is 12.9. The maximum Gasteiger partial charge on any atom is 0.335 e. The highest BCUT2D eigenvalue weighted by Gasteiger charge is 2.32. The summed E-state index contributed by atoms with van der Waals surface area (Å²) in [7, 11) is 0. The smallest absolute Gasteiger partial charge is 0.335 e. The number of anilines is 1. The molecule has 13 nitrogen and oxygen atoms in total. The molecule has 2 heterocycles. The van der Waals surface area contributed by atoms with Crippen LogP contribution in [0.1, 0.15) is 31.4 Å². The Labute approximate surface area is 177 Å². The Morgan fingerprint density at radius 3 is 2.39 bits per heavy atom. The molecule has 0 atom stereocenters. The largest absolute Gasteiger partial charge is 0.379 e. The van der Waals surface area contributed by atoms with Gasteiger partial charge < -0.3 is 19.6 Å². The van der Waals surface area contributed by atoms with Crippen LogP contribution in [0, 0.1) is 0 Å². The molecule has 2 rings (SSSR count). The molecule has 1 N–H and O–H groups in total. The van der Waals surface area contributed by atoms with Crippen LogP contribution in [0.2, 0.25) is 0 Å². The monoisotopic (exact) mass is 434 g/mol. The van der Waals surface area contributed by atoms with Crippen LogP contribution in [0.4, 0.5) is 5.69 Å². The minimum Gasteiger partial charge on any atom is -0.379 e. The van der Waals surface area contributed by atoms with Crippen molar-refractivity contribution in [1.29, 1.82) is 0 Å². The molecule has 1 saturated heterocycles. The van der Waals surface area contributed by atoms with E-state index in [1.807, 2.05) is 0 Å². The third-order valence-electron chi connectivity index (χ3n) is 3.90. The van der Waals surface area contributed by atoms with Gasteiger partial charge in [-0.05, 0) is 17.7 Å². The lowest BCUT2D eigenvalue weighted by atomic mass is 10.3. The van der Waals surface area contributed by atoms with Gasteiger partial charge >= 0.3 is 5.97 Å². The Balaban J connectivity index is 1.48. The minimum absolute atomic E-state index is 0.0417. The zero-order valence-electron chi connectivity index (χ0n) is 16.7. The normalized spacial score (nSPS) is 13.1. The van der Waals surface area contributed by atoms with Gasteiger partial charge in [-0.2, -0.15) is 0 Å². The summed E-state index contributed by atoms with van der Waals surface area (Å²) in [5.41, 5.74) is 9.37. The highest BCUT2D eigenvalue weighted by molar-refractivity contribution is 6.01. The molecular formula is C18H22N6O7. The summed E-state index contributed by atoms with van der Waals surface area (Å²) in [6, 6.07) is 3.30. The zero-order chi connectivity index (χ0) is 22.5. The first-order chi connectivity index (χ1) is 15.0. The lowest BCUT2D eigenvalue weighted by Crippen LogP contribution is -2.32. The SMILES string of the molecule is [N-]=[N+]=NCc1ccc(NC(=O)CCOCCOCCC(=O)ON2C(=O)CCC2=O)cn1. The van der Waals surface area contributed by atoms with E-state index in [1.54, 1.807) is 12.1 Å². The fourth-order valence-electron chi connectivity index (χ4n) is 2.37. The van der Waals surface area contributed by atoms with E-state index in [2.05, 4.69) is 20.3 Å². The molecule has 13 heteroatoms. The second-order valence-corrected chi connectivity index (χ2v) is 6.25. The number of pyridine rings is 1. The van der Waals surface area contributed by atoms with Gasteiger partial charge in [0, 0.05) is 23.4 Å². The number of hydrogen-bond acceptors (Lipinski definition) is 9. The first-order valence-corrected chi connectivity index (χ1v) is 9.47. The van der Waals surface area contributed by atoms with Gasteiger partial charge in [0.2, 0.25) is 5.91 Å². The van der Waals surface area contributed by atoms with Crippen molar-refractivity contribution < 1.29 is 33.5 Å². The van der Waals surface area contributed by atoms with Gasteiger partial charge in [0.25, 0.3) is 11.8 Å². The fraction of sp³-hybridized carbons (Fsp3) is 0.500. The van der Waals surface area contributed by atoms with Crippen molar-refractivity contribution in [2.75, 3.05) is 31.7 Å². The first-order valence-electron chi connectivity index (χ1n) is 9.47. The van der Waals surface area contributed by atoms with Gasteiger partial charge in [-0.25, -0.2) is 4.79 Å². The molecule has 1 aliphatic rings. The number of ether oxygens (including phenoxy) is 2. The molecule has 1 aromatic heterocycles. The summed E-state index contributed by atoms with van der Waals surface area (Å²) in [6.45, 7) is 0.786. The van der Waals surface area contributed by atoms with Crippen molar-refractivity contribution in [2.45, 2.75) is 32.2 Å². The third-order valence-corrected chi connectivity index (χ3v) is 3.90. The van der Waals surface area contributed by atoms with Crippen LogP contribution < -0.4 is 5.32 Å². The Morgan fingerprint density at radius 2 is 1.77 bits per heavy atom. The highest BCUT2D eigenvalue weighted by Crippen LogP contribution is 2.12. The number of nitrogens with zero attached hydrogens (tertiary/aromatic N) is 5. The Morgan fingerprint density at radius 1 is 1.10 bits per heavy atom. The summed E-state index contributed by atoms with van der Waals surface area (Å²) >= 11 is 0. The standard InChI is InChI=1S/C18H22N6O7/c19-23-21-12-13-1-2-14(11-20-13)22-15(25)5-7-29-9-10-30-8-6-18(28)31-24-16(26)3-4-17(24)27/h1-2,11H,3-10,12H2,(H,22,25). The molecule has 3 amide bonds. The first kappa shape index (κ1) is 23.7. The van der Waals surface area contributed by atoms with Gasteiger partial charge in [0.05, 0.1) is 57.7 Å². The number of carbonyl (C=O) groups is 4. The lowest BCUT2D eigenvalue weighted by molar-refractivity contribution is -0.198. The van der Waals surface area contributed by atoms with Crippen molar-refractivity contribution >= 4 is 29.4 Å². The third kappa shape index (κ3) is 8.78. The van der Waals surface area contributed by atoms with E-state index in [1.165, 1.54) is 6.20 Å². The molecule has 166 valence electrons. The van der Waals surface area contributed by atoms with Gasteiger partial charge in [-0.3, -0.25) is 19.4 Å². The lowest BCUT2D eigenvalue weighted by Gasteiger charge is -2.12. The van der Waals surface area contributed by atoms with Crippen molar-refractivity contribution in [3.05, 3.63) is 34.5 Å². The molecule has 0 radical (unpaired) electrons. The summed E-state index contributed by atoms with van der Waals surface area (Å²) in [5, 5.41) is 6.55. The highest BCUT2D eigenvalue weighted by atomic mass is 16.7. The number of rotatable bonds is 13. The summed E-state index contributed by atoms with van der Waals surface area (Å²) < 4.78 is 10.5. The van der Waals surface area contributed by atoms with Gasteiger partial charge in [0.1, 0.15) is 0 Å². The van der Waals surface area contributed by atoms with Crippen LogP contribution in [0.3, 0.4) is 0 Å². The summed E-state index contributed by atoms with van der Waals surface area (Å²) in [6.07, 6.45) is 1.56. The van der Waals surface area contributed by atoms with Crippen LogP contribution in [-0.4, -0.2) is 60.2 Å². The van der Waals surface area contributed by atoms with Crippen LogP contribution in [0.5, 0.6) is 0 Å². The van der Waals surface area contributed by atoms with E-state index in [-0.39, 0.29) is 64.6 Å². The molecule has 1 aliphatic heterocycles. The molecule has 0 aromatic carbocycles.